The number of alkyl halides is 1. The number of amides is 2. The molecule has 2 aliphatic rings. The lowest BCUT2D eigenvalue weighted by Crippen LogP contribution is -2.42. The fourth-order valence-corrected chi connectivity index (χ4v) is 4.93. The van der Waals surface area contributed by atoms with Gasteiger partial charge in [0.2, 0.25) is 5.91 Å². The number of fused-ring (bicyclic) bond motifs is 3. The Balaban J connectivity index is 1.37. The number of aromatic nitrogens is 3. The highest BCUT2D eigenvalue weighted by Gasteiger charge is 2.56. The third-order valence-electron chi connectivity index (χ3n) is 7.50. The molecule has 1 saturated carbocycles. The summed E-state index contributed by atoms with van der Waals surface area (Å²) >= 11 is 0. The smallest absolute Gasteiger partial charge is 0.255 e. The van der Waals surface area contributed by atoms with E-state index < -0.39 is 23.1 Å². The minimum absolute atomic E-state index is 0.00524. The van der Waals surface area contributed by atoms with Crippen molar-refractivity contribution in [2.24, 2.45) is 0 Å². The lowest BCUT2D eigenvalue weighted by atomic mass is 9.97. The topological polar surface area (TPSA) is 144 Å². The third-order valence-corrected chi connectivity index (χ3v) is 7.50. The van der Waals surface area contributed by atoms with Crippen LogP contribution in [-0.4, -0.2) is 49.8 Å². The Morgan fingerprint density at radius 2 is 2.05 bits per heavy atom. The van der Waals surface area contributed by atoms with Gasteiger partial charge in [-0.15, -0.1) is 0 Å². The van der Waals surface area contributed by atoms with E-state index in [-0.39, 0.29) is 18.0 Å². The van der Waals surface area contributed by atoms with Crippen LogP contribution >= 0.6 is 0 Å². The molecule has 1 aliphatic carbocycles. The molecule has 11 heteroatoms. The van der Waals surface area contributed by atoms with Gasteiger partial charge < -0.3 is 21.1 Å². The summed E-state index contributed by atoms with van der Waals surface area (Å²) in [5, 5.41) is 32.2. The van der Waals surface area contributed by atoms with Crippen LogP contribution in [0.4, 0.5) is 21.5 Å². The summed E-state index contributed by atoms with van der Waals surface area (Å²) in [6, 6.07) is 14.7. The second-order valence-corrected chi connectivity index (χ2v) is 10.8. The average molecular weight is 540 g/mol. The zero-order valence-corrected chi connectivity index (χ0v) is 21.8. The van der Waals surface area contributed by atoms with Crippen molar-refractivity contribution in [1.29, 1.82) is 5.26 Å². The highest BCUT2D eigenvalue weighted by molar-refractivity contribution is 6.09. The number of nitriles is 1. The number of nitrogens with one attached hydrogen (secondary N) is 3. The summed E-state index contributed by atoms with van der Waals surface area (Å²) in [4.78, 5) is 30.1. The molecule has 0 unspecified atom stereocenters. The maximum Gasteiger partial charge on any atom is 0.255 e. The maximum atomic E-state index is 14.4. The van der Waals surface area contributed by atoms with Gasteiger partial charge in [-0.25, -0.2) is 8.91 Å². The fraction of sp³-hybridized carbons (Fsp3) is 0.276. The molecule has 4 N–H and O–H groups in total. The van der Waals surface area contributed by atoms with E-state index in [1.54, 1.807) is 16.6 Å². The Bertz CT molecular complexity index is 1730. The number of aliphatic hydroxyl groups is 1. The van der Waals surface area contributed by atoms with E-state index in [0.29, 0.717) is 33.8 Å². The first kappa shape index (κ1) is 25.5. The zero-order valence-electron chi connectivity index (χ0n) is 21.8. The minimum atomic E-state index is -1.67. The molecule has 0 bridgehead atoms. The number of nitrogens with zero attached hydrogens (tertiary/aromatic N) is 4. The van der Waals surface area contributed by atoms with Gasteiger partial charge in [-0.1, -0.05) is 0 Å². The first-order valence-corrected chi connectivity index (χ1v) is 12.8. The molecular formula is C29H26FN7O3. The Morgan fingerprint density at radius 3 is 2.77 bits per heavy atom. The molecule has 1 spiro atoms. The zero-order chi connectivity index (χ0) is 28.2. The Morgan fingerprint density at radius 1 is 1.25 bits per heavy atom. The number of hydrogen-bond acceptors (Lipinski definition) is 7. The molecule has 4 aromatic rings. The highest BCUT2D eigenvalue weighted by atomic mass is 19.1. The first-order valence-electron chi connectivity index (χ1n) is 12.8. The van der Waals surface area contributed by atoms with Crippen molar-refractivity contribution in [2.75, 3.05) is 17.2 Å². The van der Waals surface area contributed by atoms with Gasteiger partial charge in [0.1, 0.15) is 12.2 Å². The van der Waals surface area contributed by atoms with Gasteiger partial charge in [0.15, 0.2) is 0 Å². The van der Waals surface area contributed by atoms with E-state index in [0.717, 1.165) is 24.1 Å². The van der Waals surface area contributed by atoms with Crippen LogP contribution in [0.15, 0.2) is 54.9 Å². The second kappa shape index (κ2) is 9.14. The molecule has 40 heavy (non-hydrogen) atoms. The molecule has 0 saturated heterocycles. The SMILES string of the molecule is CC(C)(O)[C@H](F)CNC(=O)c1cnc(-c2ccc3cc(C#N)cnn23)cc1Nc1ccc2c(c1)C1(CC1)C(=O)N2. The lowest BCUT2D eigenvalue weighted by molar-refractivity contribution is -0.117. The normalized spacial score (nSPS) is 15.8. The number of carbonyl (C=O) groups excluding carboxylic acids is 2. The predicted octanol–water partition coefficient (Wildman–Crippen LogP) is 3.83. The molecule has 1 aromatic carbocycles. The van der Waals surface area contributed by atoms with Crippen molar-refractivity contribution < 1.29 is 19.1 Å². The number of anilines is 3. The minimum Gasteiger partial charge on any atom is -0.387 e. The molecule has 1 aliphatic heterocycles. The number of benzene rings is 1. The van der Waals surface area contributed by atoms with Crippen molar-refractivity contribution in [3.63, 3.8) is 0 Å². The van der Waals surface area contributed by atoms with Gasteiger partial charge in [-0.3, -0.25) is 14.6 Å². The van der Waals surface area contributed by atoms with Crippen LogP contribution in [0.5, 0.6) is 0 Å². The van der Waals surface area contributed by atoms with Crippen LogP contribution in [0.3, 0.4) is 0 Å². The van der Waals surface area contributed by atoms with Crippen LogP contribution < -0.4 is 16.0 Å². The fourth-order valence-electron chi connectivity index (χ4n) is 4.93. The molecule has 1 fully saturated rings. The van der Waals surface area contributed by atoms with E-state index in [9.17, 15) is 24.3 Å². The number of hydrogen-bond donors (Lipinski definition) is 4. The maximum absolute atomic E-state index is 14.4. The summed E-state index contributed by atoms with van der Waals surface area (Å²) in [6.07, 6.45) is 2.76. The Hall–Kier alpha value is -4.82. The largest absolute Gasteiger partial charge is 0.387 e. The lowest BCUT2D eigenvalue weighted by Gasteiger charge is -2.22. The average Bonchev–Trinajstić information content (AvgIpc) is 3.56. The molecule has 2 amide bonds. The number of carbonyl (C=O) groups is 2. The van der Waals surface area contributed by atoms with Gasteiger partial charge >= 0.3 is 0 Å². The van der Waals surface area contributed by atoms with Gasteiger partial charge in [-0.2, -0.15) is 10.4 Å². The van der Waals surface area contributed by atoms with E-state index in [4.69, 9.17) is 0 Å². The van der Waals surface area contributed by atoms with Crippen LogP contribution in [0, 0.1) is 11.3 Å². The summed E-state index contributed by atoms with van der Waals surface area (Å²) < 4.78 is 16.0. The van der Waals surface area contributed by atoms with Gasteiger partial charge in [0, 0.05) is 17.6 Å². The van der Waals surface area contributed by atoms with Crippen LogP contribution in [-0.2, 0) is 10.2 Å². The van der Waals surface area contributed by atoms with E-state index in [1.807, 2.05) is 30.3 Å². The summed E-state index contributed by atoms with van der Waals surface area (Å²) in [6.45, 7) is 2.29. The van der Waals surface area contributed by atoms with E-state index in [2.05, 4.69) is 32.1 Å². The van der Waals surface area contributed by atoms with Crippen molar-refractivity contribution >= 4 is 34.4 Å². The summed E-state index contributed by atoms with van der Waals surface area (Å²) in [5.74, 6) is -0.562. The standard InChI is InChI=1S/C29H26FN7O3/c1-28(2,40)25(30)15-33-26(38)19-14-32-23(24-6-4-18-9-16(12-31)13-34-37(18)24)11-22(19)35-17-3-5-21-20(10-17)29(7-8-29)27(39)36-21/h3-6,9-11,13-14,25,40H,7-8,15H2,1-2H3,(H,32,35)(H,33,38)(H,36,39)/t25-/m1/s1. The van der Waals surface area contributed by atoms with Crippen LogP contribution in [0.1, 0.15) is 48.2 Å². The number of rotatable bonds is 7. The van der Waals surface area contributed by atoms with Gasteiger partial charge in [0.25, 0.3) is 5.91 Å². The van der Waals surface area contributed by atoms with Gasteiger partial charge in [-0.05, 0) is 74.7 Å². The molecule has 10 nitrogen and oxygen atoms in total. The predicted molar refractivity (Wildman–Crippen MR) is 146 cm³/mol. The summed E-state index contributed by atoms with van der Waals surface area (Å²) in [5.41, 5.74) is 3.14. The van der Waals surface area contributed by atoms with Gasteiger partial charge in [0.05, 0.1) is 57.5 Å². The molecular weight excluding hydrogens is 513 g/mol. The molecule has 3 aromatic heterocycles. The molecule has 0 radical (unpaired) electrons. The van der Waals surface area contributed by atoms with E-state index >= 15 is 0 Å². The Labute approximate surface area is 228 Å². The Kier molecular flexibility index (Phi) is 5.81. The quantitative estimate of drug-likeness (QED) is 0.279. The molecule has 4 heterocycles. The number of pyridine rings is 1. The van der Waals surface area contributed by atoms with Crippen molar-refractivity contribution in [3.8, 4) is 17.5 Å². The van der Waals surface area contributed by atoms with Crippen LogP contribution in [0.25, 0.3) is 16.9 Å². The van der Waals surface area contributed by atoms with E-state index in [1.165, 1.54) is 26.2 Å². The molecule has 1 atom stereocenters. The van der Waals surface area contributed by atoms with Crippen molar-refractivity contribution in [1.82, 2.24) is 19.9 Å². The second-order valence-electron chi connectivity index (χ2n) is 10.8. The van der Waals surface area contributed by atoms with Crippen molar-refractivity contribution in [3.05, 3.63) is 71.5 Å². The summed E-state index contributed by atoms with van der Waals surface area (Å²) in [7, 11) is 0. The van der Waals surface area contributed by atoms with Crippen molar-refractivity contribution in [2.45, 2.75) is 43.9 Å². The number of halogens is 1. The molecule has 202 valence electrons. The monoisotopic (exact) mass is 539 g/mol. The van der Waals surface area contributed by atoms with Crippen LogP contribution in [0.2, 0.25) is 0 Å². The third kappa shape index (κ3) is 4.32. The first-order chi connectivity index (χ1) is 19.1. The molecule has 6 rings (SSSR count). The highest BCUT2D eigenvalue weighted by Crippen LogP contribution is 2.55.